The Morgan fingerprint density at radius 3 is 2.67 bits per heavy atom. The molecule has 1 aromatic rings. The Morgan fingerprint density at radius 2 is 2.11 bits per heavy atom. The maximum Gasteiger partial charge on any atom is 0.0601 e. The summed E-state index contributed by atoms with van der Waals surface area (Å²) in [5.74, 6) is 0. The van der Waals surface area contributed by atoms with Crippen LogP contribution in [0.15, 0.2) is 24.3 Å². The Bertz CT molecular complexity index is 354. The van der Waals surface area contributed by atoms with Crippen molar-refractivity contribution < 1.29 is 5.11 Å². The third kappa shape index (κ3) is 4.41. The van der Waals surface area contributed by atoms with E-state index in [1.54, 1.807) is 0 Å². The van der Waals surface area contributed by atoms with Crippen LogP contribution in [-0.2, 0) is 6.54 Å². The summed E-state index contributed by atoms with van der Waals surface area (Å²) in [5, 5.41) is 9.50. The van der Waals surface area contributed by atoms with E-state index >= 15 is 0 Å². The normalized spacial score (nSPS) is 14.8. The number of likely N-dealkylation sites (N-methyl/N-ethyl adjacent to an activating group) is 1. The Labute approximate surface area is 111 Å². The molecule has 0 aromatic heterocycles. The SMILES string of the molecule is CCCC(N)C(CO)N(C)Cc1cccc(C)c1. The molecule has 0 spiro atoms. The smallest absolute Gasteiger partial charge is 0.0601 e. The van der Waals surface area contributed by atoms with Crippen molar-refractivity contribution in [2.45, 2.75) is 45.3 Å². The zero-order chi connectivity index (χ0) is 13.5. The summed E-state index contributed by atoms with van der Waals surface area (Å²) in [6.07, 6.45) is 2.00. The second-order valence-corrected chi connectivity index (χ2v) is 5.11. The van der Waals surface area contributed by atoms with E-state index < -0.39 is 0 Å². The van der Waals surface area contributed by atoms with Crippen molar-refractivity contribution in [3.8, 4) is 0 Å². The fourth-order valence-corrected chi connectivity index (χ4v) is 2.34. The van der Waals surface area contributed by atoms with Crippen molar-refractivity contribution in [3.05, 3.63) is 35.4 Å². The Balaban J connectivity index is 2.64. The van der Waals surface area contributed by atoms with Crippen LogP contribution in [0, 0.1) is 6.92 Å². The first kappa shape index (κ1) is 15.2. The van der Waals surface area contributed by atoms with Crippen LogP contribution >= 0.6 is 0 Å². The van der Waals surface area contributed by atoms with E-state index in [0.717, 1.165) is 19.4 Å². The molecule has 18 heavy (non-hydrogen) atoms. The minimum absolute atomic E-state index is 0.0328. The maximum absolute atomic E-state index is 9.50. The van der Waals surface area contributed by atoms with Crippen LogP contribution in [0.5, 0.6) is 0 Å². The number of hydrogen-bond acceptors (Lipinski definition) is 3. The molecule has 1 rings (SSSR count). The fraction of sp³-hybridized carbons (Fsp3) is 0.600. The molecule has 0 aliphatic carbocycles. The van der Waals surface area contributed by atoms with E-state index in [0.29, 0.717) is 0 Å². The molecule has 3 N–H and O–H groups in total. The highest BCUT2D eigenvalue weighted by molar-refractivity contribution is 5.22. The van der Waals surface area contributed by atoms with Gasteiger partial charge in [-0.1, -0.05) is 43.2 Å². The molecule has 3 heteroatoms. The molecule has 1 aromatic carbocycles. The molecule has 2 unspecified atom stereocenters. The summed E-state index contributed by atoms with van der Waals surface area (Å²) in [7, 11) is 2.03. The van der Waals surface area contributed by atoms with Crippen LogP contribution in [0.2, 0.25) is 0 Å². The van der Waals surface area contributed by atoms with Gasteiger partial charge in [-0.05, 0) is 26.0 Å². The monoisotopic (exact) mass is 250 g/mol. The van der Waals surface area contributed by atoms with Gasteiger partial charge in [0, 0.05) is 18.6 Å². The van der Waals surface area contributed by atoms with E-state index in [4.69, 9.17) is 5.73 Å². The number of nitrogens with zero attached hydrogens (tertiary/aromatic N) is 1. The molecular weight excluding hydrogens is 224 g/mol. The van der Waals surface area contributed by atoms with Crippen LogP contribution in [-0.4, -0.2) is 35.7 Å². The molecule has 0 saturated heterocycles. The van der Waals surface area contributed by atoms with Gasteiger partial charge in [-0.2, -0.15) is 0 Å². The summed E-state index contributed by atoms with van der Waals surface area (Å²) in [6, 6.07) is 8.52. The van der Waals surface area contributed by atoms with Crippen molar-refractivity contribution in [1.29, 1.82) is 0 Å². The van der Waals surface area contributed by atoms with Gasteiger partial charge in [-0.25, -0.2) is 0 Å². The Morgan fingerprint density at radius 1 is 1.39 bits per heavy atom. The molecule has 0 aliphatic rings. The van der Waals surface area contributed by atoms with Gasteiger partial charge in [0.15, 0.2) is 0 Å². The Hall–Kier alpha value is -0.900. The predicted octanol–water partition coefficient (Wildman–Crippen LogP) is 1.92. The second kappa shape index (κ2) is 7.52. The molecule has 0 heterocycles. The molecule has 0 amide bonds. The lowest BCUT2D eigenvalue weighted by Crippen LogP contribution is -2.48. The number of benzene rings is 1. The van der Waals surface area contributed by atoms with Crippen LogP contribution in [0.1, 0.15) is 30.9 Å². The first-order valence-electron chi connectivity index (χ1n) is 6.70. The molecule has 0 fully saturated rings. The van der Waals surface area contributed by atoms with Crippen molar-refractivity contribution in [2.75, 3.05) is 13.7 Å². The van der Waals surface area contributed by atoms with Crippen LogP contribution in [0.4, 0.5) is 0 Å². The minimum atomic E-state index is 0.0328. The lowest BCUT2D eigenvalue weighted by molar-refractivity contribution is 0.118. The number of aliphatic hydroxyl groups excluding tert-OH is 1. The second-order valence-electron chi connectivity index (χ2n) is 5.11. The minimum Gasteiger partial charge on any atom is -0.395 e. The number of aliphatic hydroxyl groups is 1. The average molecular weight is 250 g/mol. The number of rotatable bonds is 7. The van der Waals surface area contributed by atoms with Crippen LogP contribution in [0.3, 0.4) is 0 Å². The van der Waals surface area contributed by atoms with E-state index in [9.17, 15) is 5.11 Å². The first-order valence-corrected chi connectivity index (χ1v) is 6.70. The van der Waals surface area contributed by atoms with Crippen molar-refractivity contribution in [3.63, 3.8) is 0 Å². The first-order chi connectivity index (χ1) is 8.58. The number of hydrogen-bond donors (Lipinski definition) is 2. The average Bonchev–Trinajstić information content (AvgIpc) is 2.30. The quantitative estimate of drug-likeness (QED) is 0.777. The van der Waals surface area contributed by atoms with Gasteiger partial charge < -0.3 is 10.8 Å². The van der Waals surface area contributed by atoms with E-state index in [1.807, 2.05) is 7.05 Å². The third-order valence-electron chi connectivity index (χ3n) is 3.38. The van der Waals surface area contributed by atoms with Gasteiger partial charge in [0.25, 0.3) is 0 Å². The summed E-state index contributed by atoms with van der Waals surface area (Å²) in [5.41, 5.74) is 8.65. The summed E-state index contributed by atoms with van der Waals surface area (Å²) in [4.78, 5) is 2.15. The van der Waals surface area contributed by atoms with Gasteiger partial charge in [0.1, 0.15) is 0 Å². The van der Waals surface area contributed by atoms with Crippen molar-refractivity contribution >= 4 is 0 Å². The lowest BCUT2D eigenvalue weighted by atomic mass is 10.0. The zero-order valence-electron chi connectivity index (χ0n) is 11.8. The molecule has 2 atom stereocenters. The van der Waals surface area contributed by atoms with E-state index in [1.165, 1.54) is 11.1 Å². The molecule has 0 radical (unpaired) electrons. The Kier molecular flexibility index (Phi) is 6.33. The van der Waals surface area contributed by atoms with E-state index in [2.05, 4.69) is 43.0 Å². The summed E-state index contributed by atoms with van der Waals surface area (Å²) in [6.45, 7) is 5.15. The van der Waals surface area contributed by atoms with Gasteiger partial charge >= 0.3 is 0 Å². The molecule has 3 nitrogen and oxygen atoms in total. The van der Waals surface area contributed by atoms with Gasteiger partial charge in [-0.15, -0.1) is 0 Å². The highest BCUT2D eigenvalue weighted by atomic mass is 16.3. The van der Waals surface area contributed by atoms with Gasteiger partial charge in [0.05, 0.1) is 6.61 Å². The maximum atomic E-state index is 9.50. The van der Waals surface area contributed by atoms with E-state index in [-0.39, 0.29) is 18.7 Å². The van der Waals surface area contributed by atoms with Gasteiger partial charge in [-0.3, -0.25) is 4.90 Å². The molecule has 0 saturated carbocycles. The highest BCUT2D eigenvalue weighted by Gasteiger charge is 2.20. The van der Waals surface area contributed by atoms with Crippen molar-refractivity contribution in [2.24, 2.45) is 5.73 Å². The van der Waals surface area contributed by atoms with Crippen LogP contribution < -0.4 is 5.73 Å². The molecule has 0 aliphatic heterocycles. The molecule has 0 bridgehead atoms. The zero-order valence-corrected chi connectivity index (χ0v) is 11.8. The number of nitrogens with two attached hydrogens (primary N) is 1. The summed E-state index contributed by atoms with van der Waals surface area (Å²) < 4.78 is 0. The highest BCUT2D eigenvalue weighted by Crippen LogP contribution is 2.12. The summed E-state index contributed by atoms with van der Waals surface area (Å²) >= 11 is 0. The largest absolute Gasteiger partial charge is 0.395 e. The lowest BCUT2D eigenvalue weighted by Gasteiger charge is -2.31. The fourth-order valence-electron chi connectivity index (χ4n) is 2.34. The standard InChI is InChI=1S/C15H26N2O/c1-4-6-14(16)15(11-18)17(3)10-13-8-5-7-12(2)9-13/h5,7-9,14-15,18H,4,6,10-11,16H2,1-3H3. The topological polar surface area (TPSA) is 49.5 Å². The van der Waals surface area contributed by atoms with Crippen LogP contribution in [0.25, 0.3) is 0 Å². The number of aryl methyl sites for hydroxylation is 1. The molecular formula is C15H26N2O. The molecule has 102 valence electrons. The van der Waals surface area contributed by atoms with Crippen molar-refractivity contribution in [1.82, 2.24) is 4.90 Å². The third-order valence-corrected chi connectivity index (χ3v) is 3.38. The van der Waals surface area contributed by atoms with Gasteiger partial charge in [0.2, 0.25) is 0 Å². The predicted molar refractivity (Wildman–Crippen MR) is 76.4 cm³/mol.